The molecule has 3 nitrogen and oxygen atoms in total. The van der Waals surface area contributed by atoms with Gasteiger partial charge in [0.2, 0.25) is 5.13 Å². The third-order valence-electron chi connectivity index (χ3n) is 2.14. The maximum atomic E-state index is 5.54. The molecule has 5 heteroatoms. The molecule has 0 aliphatic rings. The molecule has 15 heavy (non-hydrogen) atoms. The average Bonchev–Trinajstić information content (AvgIpc) is 2.64. The van der Waals surface area contributed by atoms with Crippen LogP contribution in [-0.4, -0.2) is 10.2 Å². The summed E-state index contributed by atoms with van der Waals surface area (Å²) in [6.45, 7) is 2.12. The molecule has 0 aliphatic heterocycles. The van der Waals surface area contributed by atoms with Gasteiger partial charge >= 0.3 is 0 Å². The van der Waals surface area contributed by atoms with Crippen LogP contribution < -0.4 is 5.73 Å². The molecule has 0 fully saturated rings. The molecule has 0 spiro atoms. The number of rotatable bonds is 2. The molecule has 0 amide bonds. The lowest BCUT2D eigenvalue weighted by Crippen LogP contribution is -1.84. The first-order chi connectivity index (χ1) is 7.20. The van der Waals surface area contributed by atoms with Crippen molar-refractivity contribution in [1.82, 2.24) is 10.2 Å². The Morgan fingerprint density at radius 1 is 1.40 bits per heavy atom. The van der Waals surface area contributed by atoms with E-state index in [1.165, 1.54) is 16.9 Å². The van der Waals surface area contributed by atoms with E-state index < -0.39 is 0 Å². The van der Waals surface area contributed by atoms with Crippen molar-refractivity contribution in [2.45, 2.75) is 18.2 Å². The molecule has 0 saturated heterocycles. The van der Waals surface area contributed by atoms with E-state index in [-0.39, 0.29) is 0 Å². The van der Waals surface area contributed by atoms with Gasteiger partial charge in [0.05, 0.1) is 0 Å². The normalized spacial score (nSPS) is 10.5. The van der Waals surface area contributed by atoms with Crippen molar-refractivity contribution in [2.75, 3.05) is 5.73 Å². The zero-order valence-corrected chi connectivity index (χ0v) is 9.98. The van der Waals surface area contributed by atoms with Crippen molar-refractivity contribution >= 4 is 29.1 Å². The minimum Gasteiger partial charge on any atom is -0.374 e. The van der Waals surface area contributed by atoms with Gasteiger partial charge in [-0.2, -0.15) is 0 Å². The molecule has 0 aliphatic carbocycles. The van der Waals surface area contributed by atoms with E-state index >= 15 is 0 Å². The number of hydrogen-bond donors (Lipinski definition) is 2. The lowest BCUT2D eigenvalue weighted by molar-refractivity contribution is 1.09. The Labute approximate surface area is 97.8 Å². The highest BCUT2D eigenvalue weighted by Gasteiger charge is 2.08. The van der Waals surface area contributed by atoms with Crippen molar-refractivity contribution in [3.63, 3.8) is 0 Å². The average molecular weight is 237 g/mol. The Bertz CT molecular complexity index is 479. The molecule has 78 valence electrons. The summed E-state index contributed by atoms with van der Waals surface area (Å²) in [6.07, 6.45) is 1.01. The van der Waals surface area contributed by atoms with E-state index in [2.05, 4.69) is 41.9 Å². The first-order valence-corrected chi connectivity index (χ1v) is 5.88. The number of thiol groups is 1. The molecule has 1 aromatic carbocycles. The summed E-state index contributed by atoms with van der Waals surface area (Å²) >= 11 is 5.82. The van der Waals surface area contributed by atoms with Crippen LogP contribution in [0, 0.1) is 0 Å². The first-order valence-electron chi connectivity index (χ1n) is 4.62. The zero-order valence-electron chi connectivity index (χ0n) is 8.27. The Balaban J connectivity index is 2.45. The quantitative estimate of drug-likeness (QED) is 0.789. The van der Waals surface area contributed by atoms with E-state index in [1.54, 1.807) is 0 Å². The van der Waals surface area contributed by atoms with Gasteiger partial charge in [0.15, 0.2) is 5.01 Å². The van der Waals surface area contributed by atoms with Gasteiger partial charge in [0.25, 0.3) is 0 Å². The molecule has 2 aromatic rings. The van der Waals surface area contributed by atoms with Crippen molar-refractivity contribution < 1.29 is 0 Å². The van der Waals surface area contributed by atoms with Crippen molar-refractivity contribution in [3.8, 4) is 10.6 Å². The fraction of sp³-hybridized carbons (Fsp3) is 0.200. The molecule has 2 N–H and O–H groups in total. The van der Waals surface area contributed by atoms with Crippen molar-refractivity contribution in [1.29, 1.82) is 0 Å². The largest absolute Gasteiger partial charge is 0.374 e. The fourth-order valence-corrected chi connectivity index (χ4v) is 2.39. The van der Waals surface area contributed by atoms with E-state index in [4.69, 9.17) is 5.73 Å². The predicted octanol–water partition coefficient (Wildman–Crippen LogP) is 2.64. The van der Waals surface area contributed by atoms with Crippen molar-refractivity contribution in [3.05, 3.63) is 23.8 Å². The molecule has 0 atom stereocenters. The standard InChI is InChI=1S/C10H11N3S2/c1-2-6-3-4-7(8(14)5-6)9-12-13-10(11)15-9/h3-5,14H,2H2,1H3,(H2,11,13). The number of aromatic nitrogens is 2. The second-order valence-corrected chi connectivity index (χ2v) is 4.64. The number of nitrogen functional groups attached to an aromatic ring is 1. The van der Waals surface area contributed by atoms with Crippen molar-refractivity contribution in [2.24, 2.45) is 0 Å². The fourth-order valence-electron chi connectivity index (χ4n) is 1.32. The number of nitrogens with two attached hydrogens (primary N) is 1. The summed E-state index contributed by atoms with van der Waals surface area (Å²) in [5, 5.41) is 9.09. The summed E-state index contributed by atoms with van der Waals surface area (Å²) in [5.74, 6) is 0. The van der Waals surface area contributed by atoms with Crippen LogP contribution in [0.15, 0.2) is 23.1 Å². The van der Waals surface area contributed by atoms with Crippen LogP contribution in [-0.2, 0) is 6.42 Å². The van der Waals surface area contributed by atoms with Gasteiger partial charge in [-0.25, -0.2) is 0 Å². The highest BCUT2D eigenvalue weighted by atomic mass is 32.1. The monoisotopic (exact) mass is 237 g/mol. The molecule has 0 bridgehead atoms. The Kier molecular flexibility index (Phi) is 2.93. The van der Waals surface area contributed by atoms with Crippen LogP contribution in [0.25, 0.3) is 10.6 Å². The van der Waals surface area contributed by atoms with Crippen LogP contribution in [0.4, 0.5) is 5.13 Å². The molecular weight excluding hydrogens is 226 g/mol. The third-order valence-corrected chi connectivity index (χ3v) is 3.30. The van der Waals surface area contributed by atoms with Crippen LogP contribution in [0.2, 0.25) is 0 Å². The van der Waals surface area contributed by atoms with Gasteiger partial charge < -0.3 is 5.73 Å². The number of benzene rings is 1. The second-order valence-electron chi connectivity index (χ2n) is 3.15. The first kappa shape index (κ1) is 10.4. The predicted molar refractivity (Wildman–Crippen MR) is 66.4 cm³/mol. The topological polar surface area (TPSA) is 51.8 Å². The van der Waals surface area contributed by atoms with E-state index in [9.17, 15) is 0 Å². The zero-order chi connectivity index (χ0) is 10.8. The van der Waals surface area contributed by atoms with Gasteiger partial charge in [-0.15, -0.1) is 22.8 Å². The number of aryl methyl sites for hydroxylation is 1. The Morgan fingerprint density at radius 3 is 2.73 bits per heavy atom. The maximum absolute atomic E-state index is 5.54. The number of anilines is 1. The maximum Gasteiger partial charge on any atom is 0.203 e. The highest BCUT2D eigenvalue weighted by molar-refractivity contribution is 7.80. The molecule has 0 saturated carbocycles. The van der Waals surface area contributed by atoms with Gasteiger partial charge in [-0.3, -0.25) is 0 Å². The summed E-state index contributed by atoms with van der Waals surface area (Å²) in [5.41, 5.74) is 7.80. The third kappa shape index (κ3) is 2.13. The summed E-state index contributed by atoms with van der Waals surface area (Å²) < 4.78 is 0. The highest BCUT2D eigenvalue weighted by Crippen LogP contribution is 2.30. The summed E-state index contributed by atoms with van der Waals surface area (Å²) in [6, 6.07) is 6.14. The number of nitrogens with zero attached hydrogens (tertiary/aromatic N) is 2. The van der Waals surface area contributed by atoms with Crippen LogP contribution >= 0.6 is 24.0 Å². The van der Waals surface area contributed by atoms with Crippen LogP contribution in [0.5, 0.6) is 0 Å². The summed E-state index contributed by atoms with van der Waals surface area (Å²) in [4.78, 5) is 0.922. The van der Waals surface area contributed by atoms with Crippen LogP contribution in [0.3, 0.4) is 0 Å². The van der Waals surface area contributed by atoms with Gasteiger partial charge in [-0.05, 0) is 18.1 Å². The molecule has 2 rings (SSSR count). The molecule has 0 unspecified atom stereocenters. The van der Waals surface area contributed by atoms with E-state index in [1.807, 2.05) is 6.07 Å². The Morgan fingerprint density at radius 2 is 2.20 bits per heavy atom. The Hall–Kier alpha value is -1.07. The summed E-state index contributed by atoms with van der Waals surface area (Å²) in [7, 11) is 0. The lowest BCUT2D eigenvalue weighted by atomic mass is 10.1. The molecule has 1 aromatic heterocycles. The lowest BCUT2D eigenvalue weighted by Gasteiger charge is -2.03. The molecular formula is C10H11N3S2. The van der Waals surface area contributed by atoms with Crippen LogP contribution in [0.1, 0.15) is 12.5 Å². The van der Waals surface area contributed by atoms with E-state index in [0.29, 0.717) is 5.13 Å². The molecule has 0 radical (unpaired) electrons. The second kappa shape index (κ2) is 4.20. The van der Waals surface area contributed by atoms with Gasteiger partial charge in [-0.1, -0.05) is 30.4 Å². The smallest absolute Gasteiger partial charge is 0.203 e. The minimum atomic E-state index is 0.484. The van der Waals surface area contributed by atoms with Gasteiger partial charge in [0, 0.05) is 10.5 Å². The minimum absolute atomic E-state index is 0.484. The van der Waals surface area contributed by atoms with Gasteiger partial charge in [0.1, 0.15) is 0 Å². The molecule has 1 heterocycles. The SMILES string of the molecule is CCc1ccc(-c2nnc(N)s2)c(S)c1. The van der Waals surface area contributed by atoms with E-state index in [0.717, 1.165) is 21.9 Å². The number of hydrogen-bond acceptors (Lipinski definition) is 5.